The van der Waals surface area contributed by atoms with Gasteiger partial charge in [0.15, 0.2) is 5.82 Å². The summed E-state index contributed by atoms with van der Waals surface area (Å²) >= 11 is 0. The molecule has 1 amide bonds. The molecular weight excluding hydrogens is 438 g/mol. The smallest absolute Gasteiger partial charge is 0.322 e. The van der Waals surface area contributed by atoms with Gasteiger partial charge in [-0.15, -0.1) is 10.2 Å². The molecule has 1 aliphatic rings. The summed E-state index contributed by atoms with van der Waals surface area (Å²) in [6.07, 6.45) is -9.39. The average molecular weight is 454 g/mol. The first-order chi connectivity index (χ1) is 15.0. The molecule has 5 nitrogen and oxygen atoms in total. The topological polar surface area (TPSA) is 51.0 Å². The standard InChI is InChI=1S/C21H16F6N4O/c1-12-14(8-5-9-15(12)20(22,23)24)18(32)30-10-11-31-17(28-29-19(31)21(25,26)27)16(30)13-6-3-2-4-7-13/h2-9,16H,10-11H2,1H3/t16-/m0/s1. The number of halogens is 6. The Balaban J connectivity index is 1.83. The van der Waals surface area contributed by atoms with E-state index >= 15 is 0 Å². The van der Waals surface area contributed by atoms with Gasteiger partial charge >= 0.3 is 12.4 Å². The molecule has 0 unspecified atom stereocenters. The van der Waals surface area contributed by atoms with Gasteiger partial charge in [-0.2, -0.15) is 26.3 Å². The number of nitrogens with zero attached hydrogens (tertiary/aromatic N) is 4. The van der Waals surface area contributed by atoms with Crippen LogP contribution in [0.5, 0.6) is 0 Å². The van der Waals surface area contributed by atoms with E-state index in [0.29, 0.717) is 5.56 Å². The molecule has 0 N–H and O–H groups in total. The van der Waals surface area contributed by atoms with Gasteiger partial charge in [0.25, 0.3) is 5.91 Å². The molecule has 0 fully saturated rings. The van der Waals surface area contributed by atoms with E-state index in [0.717, 1.165) is 16.7 Å². The molecule has 0 spiro atoms. The van der Waals surface area contributed by atoms with Gasteiger partial charge in [0.2, 0.25) is 5.82 Å². The lowest BCUT2D eigenvalue weighted by Crippen LogP contribution is -2.44. The van der Waals surface area contributed by atoms with Gasteiger partial charge in [-0.1, -0.05) is 36.4 Å². The molecule has 0 radical (unpaired) electrons. The Labute approximate surface area is 178 Å². The first kappa shape index (κ1) is 21.8. The van der Waals surface area contributed by atoms with Crippen LogP contribution in [0.2, 0.25) is 0 Å². The summed E-state index contributed by atoms with van der Waals surface area (Å²) in [6, 6.07) is 10.5. The van der Waals surface area contributed by atoms with Gasteiger partial charge in [0.1, 0.15) is 6.04 Å². The monoisotopic (exact) mass is 454 g/mol. The van der Waals surface area contributed by atoms with Crippen LogP contribution in [0.1, 0.15) is 44.7 Å². The van der Waals surface area contributed by atoms with Crippen molar-refractivity contribution >= 4 is 5.91 Å². The van der Waals surface area contributed by atoms with Crippen molar-refractivity contribution in [2.45, 2.75) is 31.9 Å². The molecule has 0 saturated heterocycles. The lowest BCUT2D eigenvalue weighted by atomic mass is 9.97. The third kappa shape index (κ3) is 3.71. The van der Waals surface area contributed by atoms with Crippen LogP contribution in [0.25, 0.3) is 0 Å². The van der Waals surface area contributed by atoms with Crippen LogP contribution in [-0.4, -0.2) is 32.1 Å². The number of alkyl halides is 6. The third-order valence-electron chi connectivity index (χ3n) is 5.40. The van der Waals surface area contributed by atoms with E-state index in [-0.39, 0.29) is 30.0 Å². The molecular formula is C21H16F6N4O. The normalized spacial score (nSPS) is 16.7. The number of hydrogen-bond acceptors (Lipinski definition) is 3. The fourth-order valence-electron chi connectivity index (χ4n) is 3.94. The van der Waals surface area contributed by atoms with Gasteiger partial charge in [-0.05, 0) is 30.2 Å². The maximum absolute atomic E-state index is 13.4. The van der Waals surface area contributed by atoms with E-state index in [9.17, 15) is 31.1 Å². The van der Waals surface area contributed by atoms with Crippen LogP contribution in [0, 0.1) is 6.92 Å². The van der Waals surface area contributed by atoms with Crippen molar-refractivity contribution in [2.24, 2.45) is 0 Å². The molecule has 2 heterocycles. The first-order valence-electron chi connectivity index (χ1n) is 9.53. The van der Waals surface area contributed by atoms with Crippen LogP contribution in [0.4, 0.5) is 26.3 Å². The van der Waals surface area contributed by atoms with Crippen LogP contribution in [-0.2, 0) is 18.9 Å². The van der Waals surface area contributed by atoms with Gasteiger partial charge < -0.3 is 9.47 Å². The molecule has 11 heteroatoms. The van der Waals surface area contributed by atoms with Crippen LogP contribution in [0.15, 0.2) is 48.5 Å². The number of carbonyl (C=O) groups is 1. The van der Waals surface area contributed by atoms with Crippen molar-refractivity contribution in [3.8, 4) is 0 Å². The molecule has 1 aliphatic heterocycles. The van der Waals surface area contributed by atoms with E-state index in [1.165, 1.54) is 17.9 Å². The number of amides is 1. The van der Waals surface area contributed by atoms with Gasteiger partial charge in [-0.25, -0.2) is 0 Å². The Kier molecular flexibility index (Phi) is 5.22. The van der Waals surface area contributed by atoms with E-state index in [4.69, 9.17) is 0 Å². The zero-order valence-corrected chi connectivity index (χ0v) is 16.6. The molecule has 32 heavy (non-hydrogen) atoms. The highest BCUT2D eigenvalue weighted by molar-refractivity contribution is 5.96. The Morgan fingerprint density at radius 2 is 1.59 bits per heavy atom. The SMILES string of the molecule is Cc1c(C(=O)N2CCn3c(nnc3C(F)(F)F)[C@@H]2c2ccccc2)cccc1C(F)(F)F. The largest absolute Gasteiger partial charge is 0.451 e. The van der Waals surface area contributed by atoms with Crippen molar-refractivity contribution in [3.05, 3.63) is 82.4 Å². The number of fused-ring (bicyclic) bond motifs is 1. The van der Waals surface area contributed by atoms with E-state index in [1.807, 2.05) is 0 Å². The number of carbonyl (C=O) groups excluding carboxylic acids is 1. The van der Waals surface area contributed by atoms with E-state index in [2.05, 4.69) is 10.2 Å². The van der Waals surface area contributed by atoms with Gasteiger partial charge in [-0.3, -0.25) is 4.79 Å². The van der Waals surface area contributed by atoms with Crippen molar-refractivity contribution in [3.63, 3.8) is 0 Å². The number of hydrogen-bond donors (Lipinski definition) is 0. The van der Waals surface area contributed by atoms with E-state index < -0.39 is 35.7 Å². The Hall–Kier alpha value is -3.37. The number of benzene rings is 2. The molecule has 2 aromatic carbocycles. The quantitative estimate of drug-likeness (QED) is 0.520. The number of rotatable bonds is 2. The highest BCUT2D eigenvalue weighted by Crippen LogP contribution is 2.38. The second kappa shape index (κ2) is 7.64. The maximum atomic E-state index is 13.4. The number of aromatic nitrogens is 3. The Morgan fingerprint density at radius 3 is 2.22 bits per heavy atom. The summed E-state index contributed by atoms with van der Waals surface area (Å²) in [5.41, 5.74) is -0.906. The summed E-state index contributed by atoms with van der Waals surface area (Å²) < 4.78 is 81.0. The van der Waals surface area contributed by atoms with Crippen LogP contribution >= 0.6 is 0 Å². The molecule has 1 atom stereocenters. The average Bonchev–Trinajstić information content (AvgIpc) is 3.17. The molecule has 4 rings (SSSR count). The fourth-order valence-corrected chi connectivity index (χ4v) is 3.94. The minimum atomic E-state index is -4.74. The highest BCUT2D eigenvalue weighted by atomic mass is 19.4. The second-order valence-corrected chi connectivity index (χ2v) is 7.32. The summed E-state index contributed by atoms with van der Waals surface area (Å²) in [7, 11) is 0. The molecule has 0 aliphatic carbocycles. The molecule has 0 saturated carbocycles. The third-order valence-corrected chi connectivity index (χ3v) is 5.40. The maximum Gasteiger partial charge on any atom is 0.451 e. The van der Waals surface area contributed by atoms with E-state index in [1.54, 1.807) is 30.3 Å². The fraction of sp³-hybridized carbons (Fsp3) is 0.286. The Morgan fingerprint density at radius 1 is 0.906 bits per heavy atom. The predicted molar refractivity (Wildman–Crippen MR) is 101 cm³/mol. The summed E-state index contributed by atoms with van der Waals surface area (Å²) in [5.74, 6) is -2.02. The molecule has 1 aromatic heterocycles. The second-order valence-electron chi connectivity index (χ2n) is 7.32. The van der Waals surface area contributed by atoms with Crippen molar-refractivity contribution < 1.29 is 31.1 Å². The van der Waals surface area contributed by atoms with Crippen molar-refractivity contribution in [1.29, 1.82) is 0 Å². The summed E-state index contributed by atoms with van der Waals surface area (Å²) in [6.45, 7) is 0.786. The zero-order chi connectivity index (χ0) is 23.3. The lowest BCUT2D eigenvalue weighted by Gasteiger charge is -2.36. The molecule has 3 aromatic rings. The molecule has 0 bridgehead atoms. The minimum absolute atomic E-state index is 0.104. The van der Waals surface area contributed by atoms with Gasteiger partial charge in [0.05, 0.1) is 5.56 Å². The zero-order valence-electron chi connectivity index (χ0n) is 16.6. The van der Waals surface area contributed by atoms with Crippen molar-refractivity contribution in [1.82, 2.24) is 19.7 Å². The van der Waals surface area contributed by atoms with Crippen molar-refractivity contribution in [2.75, 3.05) is 6.54 Å². The minimum Gasteiger partial charge on any atom is -0.322 e. The lowest BCUT2D eigenvalue weighted by molar-refractivity contribution is -0.148. The van der Waals surface area contributed by atoms with Crippen LogP contribution < -0.4 is 0 Å². The predicted octanol–water partition coefficient (Wildman–Crippen LogP) is 4.87. The first-order valence-corrected chi connectivity index (χ1v) is 9.53. The summed E-state index contributed by atoms with van der Waals surface area (Å²) in [5, 5.41) is 6.98. The van der Waals surface area contributed by atoms with Gasteiger partial charge in [0, 0.05) is 18.7 Å². The Bertz CT molecular complexity index is 1150. The molecule has 168 valence electrons. The van der Waals surface area contributed by atoms with Crippen LogP contribution in [0.3, 0.4) is 0 Å². The highest BCUT2D eigenvalue weighted by Gasteiger charge is 2.44. The summed E-state index contributed by atoms with van der Waals surface area (Å²) in [4.78, 5) is 14.6.